The Balaban J connectivity index is 2.00. The van der Waals surface area contributed by atoms with Crippen LogP contribution >= 0.6 is 27.3 Å². The van der Waals surface area contributed by atoms with Crippen LogP contribution in [0.4, 0.5) is 4.39 Å². The van der Waals surface area contributed by atoms with Crippen molar-refractivity contribution in [2.75, 3.05) is 6.54 Å². The molecule has 2 rings (SSSR count). The van der Waals surface area contributed by atoms with E-state index in [0.717, 1.165) is 5.01 Å². The molecule has 0 radical (unpaired) electrons. The Bertz CT molecular complexity index is 574. The van der Waals surface area contributed by atoms with Crippen molar-refractivity contribution in [2.45, 2.75) is 12.8 Å². The molecule has 1 unspecified atom stereocenters. The molecule has 0 saturated heterocycles. The minimum atomic E-state index is -0.540. The third-order valence-corrected chi connectivity index (χ3v) is 4.26. The minimum absolute atomic E-state index is 0.0423. The Kier molecular flexibility index (Phi) is 4.66. The maximum Gasteiger partial charge on any atom is 0.254 e. The summed E-state index contributed by atoms with van der Waals surface area (Å²) < 4.78 is 14.0. The Morgan fingerprint density at radius 3 is 3.05 bits per heavy atom. The maximum absolute atomic E-state index is 13.7. The molecule has 0 fully saturated rings. The average Bonchev–Trinajstić information content (AvgIpc) is 2.93. The zero-order valence-corrected chi connectivity index (χ0v) is 12.6. The van der Waals surface area contributed by atoms with Crippen molar-refractivity contribution in [3.63, 3.8) is 0 Å². The summed E-state index contributed by atoms with van der Waals surface area (Å²) >= 11 is 4.60. The van der Waals surface area contributed by atoms with E-state index in [2.05, 4.69) is 26.2 Å². The summed E-state index contributed by atoms with van der Waals surface area (Å²) in [6, 6.07) is 4.65. The van der Waals surface area contributed by atoms with E-state index in [1.807, 2.05) is 12.3 Å². The third kappa shape index (κ3) is 3.39. The van der Waals surface area contributed by atoms with Crippen LogP contribution in [0.1, 0.15) is 28.2 Å². The van der Waals surface area contributed by atoms with Gasteiger partial charge in [0.2, 0.25) is 0 Å². The highest BCUT2D eigenvalue weighted by Gasteiger charge is 2.15. The van der Waals surface area contributed by atoms with E-state index in [0.29, 0.717) is 6.54 Å². The van der Waals surface area contributed by atoms with E-state index >= 15 is 0 Å². The molecule has 1 heterocycles. The standard InChI is InChI=1S/C13H12BrFN2OS/c1-8(13-16-5-6-19-13)7-17-12(18)9-3-2-4-10(14)11(9)15/h2-6,8H,7H2,1H3,(H,17,18). The third-order valence-electron chi connectivity index (χ3n) is 2.64. The number of carbonyl (C=O) groups is 1. The molecule has 1 amide bonds. The number of nitrogens with one attached hydrogen (secondary N) is 1. The van der Waals surface area contributed by atoms with Crippen LogP contribution in [0.2, 0.25) is 0 Å². The molecule has 0 bridgehead atoms. The van der Waals surface area contributed by atoms with Crippen LogP contribution in [0.3, 0.4) is 0 Å². The first kappa shape index (κ1) is 14.1. The van der Waals surface area contributed by atoms with Gasteiger partial charge in [0.05, 0.1) is 15.0 Å². The zero-order valence-electron chi connectivity index (χ0n) is 10.2. The molecule has 19 heavy (non-hydrogen) atoms. The van der Waals surface area contributed by atoms with Gasteiger partial charge >= 0.3 is 0 Å². The lowest BCUT2D eigenvalue weighted by Crippen LogP contribution is -2.28. The van der Waals surface area contributed by atoms with Crippen LogP contribution in [-0.4, -0.2) is 17.4 Å². The van der Waals surface area contributed by atoms with Crippen LogP contribution < -0.4 is 5.32 Å². The second-order valence-corrected chi connectivity index (χ2v) is 5.86. The summed E-state index contributed by atoms with van der Waals surface area (Å²) in [5.41, 5.74) is 0.0423. The Morgan fingerprint density at radius 2 is 2.37 bits per heavy atom. The highest BCUT2D eigenvalue weighted by molar-refractivity contribution is 9.10. The predicted octanol–water partition coefficient (Wildman–Crippen LogP) is 3.58. The predicted molar refractivity (Wildman–Crippen MR) is 77.0 cm³/mol. The van der Waals surface area contributed by atoms with Gasteiger partial charge in [0, 0.05) is 24.0 Å². The van der Waals surface area contributed by atoms with Crippen molar-refractivity contribution >= 4 is 33.2 Å². The lowest BCUT2D eigenvalue weighted by Gasteiger charge is -2.10. The molecule has 0 spiro atoms. The van der Waals surface area contributed by atoms with Crippen molar-refractivity contribution in [3.8, 4) is 0 Å². The maximum atomic E-state index is 13.7. The minimum Gasteiger partial charge on any atom is -0.351 e. The molecule has 1 aromatic carbocycles. The summed E-state index contributed by atoms with van der Waals surface area (Å²) in [6.07, 6.45) is 1.73. The number of hydrogen-bond acceptors (Lipinski definition) is 3. The molecule has 100 valence electrons. The summed E-state index contributed by atoms with van der Waals surface area (Å²) in [5, 5.41) is 5.57. The second kappa shape index (κ2) is 6.25. The van der Waals surface area contributed by atoms with Gasteiger partial charge in [-0.2, -0.15) is 0 Å². The molecular weight excluding hydrogens is 331 g/mol. The summed E-state index contributed by atoms with van der Waals surface area (Å²) in [7, 11) is 0. The molecule has 3 nitrogen and oxygen atoms in total. The number of benzene rings is 1. The van der Waals surface area contributed by atoms with Crippen LogP contribution in [0.25, 0.3) is 0 Å². The number of thiazole rings is 1. The topological polar surface area (TPSA) is 42.0 Å². The molecule has 1 N–H and O–H groups in total. The summed E-state index contributed by atoms with van der Waals surface area (Å²) in [4.78, 5) is 16.1. The van der Waals surface area contributed by atoms with Gasteiger partial charge in [-0.1, -0.05) is 13.0 Å². The molecular formula is C13H12BrFN2OS. The summed E-state index contributed by atoms with van der Waals surface area (Å²) in [5.74, 6) is -0.844. The zero-order chi connectivity index (χ0) is 13.8. The largest absolute Gasteiger partial charge is 0.351 e. The first-order valence-corrected chi connectivity index (χ1v) is 7.38. The van der Waals surface area contributed by atoms with Crippen LogP contribution in [0.15, 0.2) is 34.2 Å². The lowest BCUT2D eigenvalue weighted by molar-refractivity contribution is 0.0947. The van der Waals surface area contributed by atoms with Crippen LogP contribution in [0, 0.1) is 5.82 Å². The fraction of sp³-hybridized carbons (Fsp3) is 0.231. The molecule has 2 aromatic rings. The molecule has 0 aliphatic heterocycles. The number of aromatic nitrogens is 1. The molecule has 6 heteroatoms. The molecule has 0 saturated carbocycles. The summed E-state index contributed by atoms with van der Waals surface area (Å²) in [6.45, 7) is 2.40. The fourth-order valence-electron chi connectivity index (χ4n) is 1.59. The van der Waals surface area contributed by atoms with Crippen molar-refractivity contribution in [2.24, 2.45) is 0 Å². The van der Waals surface area contributed by atoms with Crippen molar-refractivity contribution in [1.82, 2.24) is 10.3 Å². The van der Waals surface area contributed by atoms with Crippen LogP contribution in [0.5, 0.6) is 0 Å². The lowest BCUT2D eigenvalue weighted by atomic mass is 10.1. The first-order valence-electron chi connectivity index (χ1n) is 5.71. The first-order chi connectivity index (χ1) is 9.09. The van der Waals surface area contributed by atoms with Crippen molar-refractivity contribution in [1.29, 1.82) is 0 Å². The number of rotatable bonds is 4. The van der Waals surface area contributed by atoms with E-state index in [1.165, 1.54) is 6.07 Å². The van der Waals surface area contributed by atoms with Crippen LogP contribution in [-0.2, 0) is 0 Å². The average molecular weight is 343 g/mol. The number of nitrogens with zero attached hydrogens (tertiary/aromatic N) is 1. The van der Waals surface area contributed by atoms with E-state index < -0.39 is 11.7 Å². The smallest absolute Gasteiger partial charge is 0.254 e. The van der Waals surface area contributed by atoms with E-state index in [4.69, 9.17) is 0 Å². The normalized spacial score (nSPS) is 12.2. The van der Waals surface area contributed by atoms with Gasteiger partial charge in [-0.3, -0.25) is 4.79 Å². The van der Waals surface area contributed by atoms with Gasteiger partial charge in [0.15, 0.2) is 0 Å². The fourth-order valence-corrected chi connectivity index (χ4v) is 2.65. The highest BCUT2D eigenvalue weighted by atomic mass is 79.9. The molecule has 1 aromatic heterocycles. The van der Waals surface area contributed by atoms with Crippen molar-refractivity contribution in [3.05, 3.63) is 50.6 Å². The van der Waals surface area contributed by atoms with Gasteiger partial charge < -0.3 is 5.32 Å². The number of halogens is 2. The van der Waals surface area contributed by atoms with E-state index in [9.17, 15) is 9.18 Å². The quantitative estimate of drug-likeness (QED) is 0.922. The van der Waals surface area contributed by atoms with Gasteiger partial charge in [-0.25, -0.2) is 9.37 Å². The molecule has 1 atom stereocenters. The number of amides is 1. The Labute approximate surface area is 123 Å². The van der Waals surface area contributed by atoms with Gasteiger partial charge in [-0.15, -0.1) is 11.3 Å². The Hall–Kier alpha value is -1.27. The molecule has 0 aliphatic carbocycles. The molecule has 0 aliphatic rings. The van der Waals surface area contributed by atoms with E-state index in [1.54, 1.807) is 29.7 Å². The second-order valence-electron chi connectivity index (χ2n) is 4.08. The SMILES string of the molecule is CC(CNC(=O)c1cccc(Br)c1F)c1nccs1. The van der Waals surface area contributed by atoms with Crippen molar-refractivity contribution < 1.29 is 9.18 Å². The Morgan fingerprint density at radius 1 is 1.58 bits per heavy atom. The van der Waals surface area contributed by atoms with E-state index in [-0.39, 0.29) is 16.0 Å². The highest BCUT2D eigenvalue weighted by Crippen LogP contribution is 2.19. The monoisotopic (exact) mass is 342 g/mol. The number of hydrogen-bond donors (Lipinski definition) is 1. The van der Waals surface area contributed by atoms with Gasteiger partial charge in [0.25, 0.3) is 5.91 Å². The van der Waals surface area contributed by atoms with Gasteiger partial charge in [-0.05, 0) is 28.1 Å². The number of carbonyl (C=O) groups excluding carboxylic acids is 1. The van der Waals surface area contributed by atoms with Gasteiger partial charge in [0.1, 0.15) is 5.82 Å².